The highest BCUT2D eigenvalue weighted by Crippen LogP contribution is 2.24. The summed E-state index contributed by atoms with van der Waals surface area (Å²) in [5, 5.41) is 23.5. The molecule has 1 atom stereocenters. The largest absolute Gasteiger partial charge is 0.391 e. The Kier molecular flexibility index (Phi) is 5.80. The number of nitrogens with zero attached hydrogens (tertiary/aromatic N) is 1. The van der Waals surface area contributed by atoms with E-state index in [2.05, 4.69) is 19.2 Å². The zero-order chi connectivity index (χ0) is 13.7. The number of anilines is 1. The zero-order valence-electron chi connectivity index (χ0n) is 10.4. The van der Waals surface area contributed by atoms with Crippen LogP contribution in [-0.2, 0) is 0 Å². The van der Waals surface area contributed by atoms with Crippen molar-refractivity contribution in [2.75, 3.05) is 11.9 Å². The van der Waals surface area contributed by atoms with Crippen LogP contribution in [0, 0.1) is 19.6 Å². The molecule has 0 aliphatic carbocycles. The molecule has 0 saturated heterocycles. The lowest BCUT2D eigenvalue weighted by molar-refractivity contribution is -0.385. The van der Waals surface area contributed by atoms with Crippen molar-refractivity contribution >= 4 is 34.0 Å². The summed E-state index contributed by atoms with van der Waals surface area (Å²) in [6.07, 6.45) is 0.328. The lowest BCUT2D eigenvalue weighted by Crippen LogP contribution is -2.21. The molecule has 1 rings (SSSR count). The molecule has 0 heterocycles. The third-order valence-corrected chi connectivity index (χ3v) is 3.29. The maximum absolute atomic E-state index is 10.7. The van der Waals surface area contributed by atoms with Crippen LogP contribution in [0.3, 0.4) is 0 Å². The van der Waals surface area contributed by atoms with E-state index in [1.54, 1.807) is 12.1 Å². The van der Waals surface area contributed by atoms with E-state index in [0.29, 0.717) is 16.0 Å². The summed E-state index contributed by atoms with van der Waals surface area (Å²) in [4.78, 5) is 10.3. The number of benzene rings is 1. The van der Waals surface area contributed by atoms with Gasteiger partial charge in [0.15, 0.2) is 0 Å². The molecule has 0 aliphatic heterocycles. The Balaban J connectivity index is 2.58. The van der Waals surface area contributed by atoms with E-state index >= 15 is 0 Å². The highest BCUT2D eigenvalue weighted by atomic mass is 127. The molecule has 0 aliphatic rings. The smallest absolute Gasteiger partial charge is 0.282 e. The van der Waals surface area contributed by atoms with Crippen molar-refractivity contribution in [3.8, 4) is 0 Å². The Bertz CT molecular complexity index is 424. The van der Waals surface area contributed by atoms with Crippen LogP contribution in [0.4, 0.5) is 11.4 Å². The van der Waals surface area contributed by atoms with Crippen molar-refractivity contribution in [2.24, 2.45) is 5.92 Å². The van der Waals surface area contributed by atoms with E-state index in [1.807, 2.05) is 22.6 Å². The van der Waals surface area contributed by atoms with Gasteiger partial charge in [-0.25, -0.2) is 0 Å². The minimum Gasteiger partial charge on any atom is -0.391 e. The van der Waals surface area contributed by atoms with Gasteiger partial charge in [0, 0.05) is 18.3 Å². The number of nitro groups is 1. The number of halogens is 1. The normalized spacial score (nSPS) is 12.5. The highest BCUT2D eigenvalue weighted by Gasteiger charge is 2.12. The average molecular weight is 364 g/mol. The number of rotatable bonds is 6. The molecule has 5 nitrogen and oxygen atoms in total. The minimum atomic E-state index is -0.405. The predicted octanol–water partition coefficient (Wildman–Crippen LogP) is 3.02. The zero-order valence-corrected chi connectivity index (χ0v) is 12.5. The molecule has 1 aromatic rings. The number of aliphatic hydroxyl groups excluding tert-OH is 1. The Labute approximate surface area is 120 Å². The number of nitro benzene ring substituents is 1. The first-order valence-electron chi connectivity index (χ1n) is 5.76. The number of nitrogens with one attached hydrogen (secondary N) is 1. The topological polar surface area (TPSA) is 75.4 Å². The molecule has 0 fully saturated rings. The van der Waals surface area contributed by atoms with E-state index in [-0.39, 0.29) is 5.69 Å². The summed E-state index contributed by atoms with van der Waals surface area (Å²) in [5.41, 5.74) is 0.886. The molecule has 0 aromatic heterocycles. The molecule has 1 aromatic carbocycles. The van der Waals surface area contributed by atoms with Crippen LogP contribution < -0.4 is 5.32 Å². The maximum Gasteiger partial charge on any atom is 0.282 e. The van der Waals surface area contributed by atoms with Crippen LogP contribution in [-0.4, -0.2) is 22.7 Å². The van der Waals surface area contributed by atoms with Gasteiger partial charge in [-0.05, 0) is 47.1 Å². The summed E-state index contributed by atoms with van der Waals surface area (Å²) in [6, 6.07) is 4.84. The molecule has 0 saturated carbocycles. The number of hydrogen-bond acceptors (Lipinski definition) is 4. The third-order valence-electron chi connectivity index (χ3n) is 2.43. The van der Waals surface area contributed by atoms with Crippen molar-refractivity contribution in [3.05, 3.63) is 31.9 Å². The molecule has 0 amide bonds. The summed E-state index contributed by atoms with van der Waals surface area (Å²) < 4.78 is 0.584. The van der Waals surface area contributed by atoms with E-state index in [1.165, 1.54) is 6.07 Å². The third kappa shape index (κ3) is 4.77. The molecule has 0 bridgehead atoms. The van der Waals surface area contributed by atoms with Crippen molar-refractivity contribution in [2.45, 2.75) is 26.4 Å². The SMILES string of the molecule is CC(C)CC(O)CNc1ccc([N+](=O)[O-])c(I)c1. The van der Waals surface area contributed by atoms with E-state index < -0.39 is 11.0 Å². The quantitative estimate of drug-likeness (QED) is 0.462. The van der Waals surface area contributed by atoms with Crippen LogP contribution in [0.15, 0.2) is 18.2 Å². The second-order valence-electron chi connectivity index (χ2n) is 4.59. The predicted molar refractivity (Wildman–Crippen MR) is 79.8 cm³/mol. The van der Waals surface area contributed by atoms with Crippen molar-refractivity contribution < 1.29 is 10.0 Å². The number of aliphatic hydroxyl groups is 1. The van der Waals surface area contributed by atoms with Gasteiger partial charge in [0.05, 0.1) is 14.6 Å². The van der Waals surface area contributed by atoms with Gasteiger partial charge >= 0.3 is 0 Å². The summed E-state index contributed by atoms with van der Waals surface area (Å²) >= 11 is 1.93. The Morgan fingerprint density at radius 2 is 2.17 bits per heavy atom. The van der Waals surface area contributed by atoms with Gasteiger partial charge in [-0.3, -0.25) is 10.1 Å². The molecule has 18 heavy (non-hydrogen) atoms. The molecule has 0 spiro atoms. The van der Waals surface area contributed by atoms with Gasteiger partial charge in [-0.15, -0.1) is 0 Å². The molecule has 100 valence electrons. The van der Waals surface area contributed by atoms with Crippen molar-refractivity contribution in [1.29, 1.82) is 0 Å². The Hall–Kier alpha value is -0.890. The molecule has 0 radical (unpaired) electrons. The lowest BCUT2D eigenvalue weighted by atomic mass is 10.1. The van der Waals surface area contributed by atoms with Crippen molar-refractivity contribution in [3.63, 3.8) is 0 Å². The summed E-state index contributed by atoms with van der Waals surface area (Å²) in [6.45, 7) is 4.56. The fraction of sp³-hybridized carbons (Fsp3) is 0.500. The summed E-state index contributed by atoms with van der Waals surface area (Å²) in [5.74, 6) is 0.443. The first kappa shape index (κ1) is 15.2. The van der Waals surface area contributed by atoms with Crippen molar-refractivity contribution in [1.82, 2.24) is 0 Å². The van der Waals surface area contributed by atoms with Gasteiger partial charge in [-0.1, -0.05) is 13.8 Å². The Morgan fingerprint density at radius 3 is 2.67 bits per heavy atom. The van der Waals surface area contributed by atoms with Crippen LogP contribution in [0.5, 0.6) is 0 Å². The fourth-order valence-electron chi connectivity index (χ4n) is 1.63. The van der Waals surface area contributed by atoms with E-state index in [0.717, 1.165) is 12.1 Å². The molecular weight excluding hydrogens is 347 g/mol. The molecule has 6 heteroatoms. The van der Waals surface area contributed by atoms with Gasteiger partial charge in [0.1, 0.15) is 0 Å². The Morgan fingerprint density at radius 1 is 1.50 bits per heavy atom. The fourth-order valence-corrected chi connectivity index (χ4v) is 2.34. The maximum atomic E-state index is 10.7. The molecule has 1 unspecified atom stereocenters. The monoisotopic (exact) mass is 364 g/mol. The first-order chi connectivity index (χ1) is 8.40. The van der Waals surface area contributed by atoms with Gasteiger partial charge in [-0.2, -0.15) is 0 Å². The second kappa shape index (κ2) is 6.89. The second-order valence-corrected chi connectivity index (χ2v) is 5.75. The minimum absolute atomic E-state index is 0.101. The van der Waals surface area contributed by atoms with Crippen LogP contribution in [0.1, 0.15) is 20.3 Å². The molecule has 2 N–H and O–H groups in total. The highest BCUT2D eigenvalue weighted by molar-refractivity contribution is 14.1. The average Bonchev–Trinajstić information content (AvgIpc) is 2.25. The van der Waals surface area contributed by atoms with E-state index in [9.17, 15) is 15.2 Å². The van der Waals surface area contributed by atoms with Gasteiger partial charge in [0.25, 0.3) is 5.69 Å². The standard InChI is InChI=1S/C12H17IN2O3/c1-8(2)5-10(16)7-14-9-3-4-12(15(17)18)11(13)6-9/h3-4,6,8,10,14,16H,5,7H2,1-2H3. The van der Waals surface area contributed by atoms with Gasteiger partial charge < -0.3 is 10.4 Å². The summed E-state index contributed by atoms with van der Waals surface area (Å²) in [7, 11) is 0. The van der Waals surface area contributed by atoms with E-state index in [4.69, 9.17) is 0 Å². The number of hydrogen-bond donors (Lipinski definition) is 2. The first-order valence-corrected chi connectivity index (χ1v) is 6.84. The van der Waals surface area contributed by atoms with Crippen LogP contribution in [0.2, 0.25) is 0 Å². The van der Waals surface area contributed by atoms with Crippen LogP contribution >= 0.6 is 22.6 Å². The van der Waals surface area contributed by atoms with Crippen LogP contribution in [0.25, 0.3) is 0 Å². The van der Waals surface area contributed by atoms with Gasteiger partial charge in [0.2, 0.25) is 0 Å². The molecular formula is C12H17IN2O3. The lowest BCUT2D eigenvalue weighted by Gasteiger charge is -2.14.